The Hall–Kier alpha value is -2.86. The van der Waals surface area contributed by atoms with Crippen LogP contribution >= 0.6 is 0 Å². The van der Waals surface area contributed by atoms with Crippen molar-refractivity contribution in [1.29, 1.82) is 0 Å². The van der Waals surface area contributed by atoms with E-state index in [1.165, 1.54) is 6.92 Å². The molecule has 0 aliphatic rings. The summed E-state index contributed by atoms with van der Waals surface area (Å²) in [6.45, 7) is 1.41. The number of alkyl halides is 3. The molecule has 0 aliphatic carbocycles. The van der Waals surface area contributed by atoms with Crippen molar-refractivity contribution in [1.82, 2.24) is 10.3 Å². The van der Waals surface area contributed by atoms with Gasteiger partial charge in [-0.25, -0.2) is 13.4 Å². The minimum absolute atomic E-state index is 0.0493. The number of aliphatic hydroxyl groups excluding tert-OH is 1. The van der Waals surface area contributed by atoms with Crippen molar-refractivity contribution in [3.63, 3.8) is 0 Å². The molecule has 4 N–H and O–H groups in total. The van der Waals surface area contributed by atoms with Crippen molar-refractivity contribution in [2.24, 2.45) is 0 Å². The highest BCUT2D eigenvalue weighted by atomic mass is 32.2. The fraction of sp³-hybridized carbons (Fsp3) is 0.250. The third-order valence-corrected chi connectivity index (χ3v) is 5.08. The van der Waals surface area contributed by atoms with E-state index >= 15 is 0 Å². The molecule has 1 aromatic heterocycles. The van der Waals surface area contributed by atoms with Gasteiger partial charge in [-0.1, -0.05) is 0 Å². The summed E-state index contributed by atoms with van der Waals surface area (Å²) in [4.78, 5) is 15.0. The number of rotatable bonds is 6. The molecule has 0 saturated carbocycles. The van der Waals surface area contributed by atoms with E-state index in [2.05, 4.69) is 15.0 Å². The monoisotopic (exact) mass is 419 g/mol. The molecule has 1 aromatic carbocycles. The normalized spacial score (nSPS) is 13.0. The van der Waals surface area contributed by atoms with E-state index in [0.29, 0.717) is 0 Å². The van der Waals surface area contributed by atoms with Crippen LogP contribution in [0.25, 0.3) is 0 Å². The molecule has 28 heavy (non-hydrogen) atoms. The molecule has 152 valence electrons. The minimum atomic E-state index is -4.90. The topological polar surface area (TPSA) is 132 Å². The highest BCUT2D eigenvalue weighted by Crippen LogP contribution is 2.27. The molecule has 0 aliphatic heterocycles. The lowest BCUT2D eigenvalue weighted by molar-refractivity contribution is -0.274. The molecule has 0 fully saturated rings. The number of aromatic nitrogens is 1. The van der Waals surface area contributed by atoms with Gasteiger partial charge in [0.05, 0.1) is 21.6 Å². The van der Waals surface area contributed by atoms with E-state index in [9.17, 15) is 26.4 Å². The molecule has 2 rings (SSSR count). The van der Waals surface area contributed by atoms with Crippen molar-refractivity contribution >= 4 is 21.4 Å². The summed E-state index contributed by atoms with van der Waals surface area (Å²) < 4.78 is 65.4. The summed E-state index contributed by atoms with van der Waals surface area (Å²) in [6, 6.07) is 4.61. The first-order valence-electron chi connectivity index (χ1n) is 7.73. The highest BCUT2D eigenvalue weighted by Gasteiger charge is 2.31. The van der Waals surface area contributed by atoms with Gasteiger partial charge in [-0.2, -0.15) is 0 Å². The number of anilines is 1. The molecule has 8 nitrogen and oxygen atoms in total. The van der Waals surface area contributed by atoms with Gasteiger partial charge in [0, 0.05) is 12.7 Å². The number of sulfone groups is 1. The number of carbonyl (C=O) groups is 1. The van der Waals surface area contributed by atoms with Crippen LogP contribution in [0, 0.1) is 0 Å². The first-order valence-corrected chi connectivity index (χ1v) is 9.21. The predicted molar refractivity (Wildman–Crippen MR) is 91.2 cm³/mol. The maximum Gasteiger partial charge on any atom is 0.573 e. The van der Waals surface area contributed by atoms with Gasteiger partial charge in [0.1, 0.15) is 5.75 Å². The van der Waals surface area contributed by atoms with Gasteiger partial charge in [-0.3, -0.25) is 4.79 Å². The van der Waals surface area contributed by atoms with Crippen molar-refractivity contribution in [3.05, 3.63) is 42.2 Å². The van der Waals surface area contributed by atoms with E-state index in [1.807, 2.05) is 0 Å². The number of carbonyl (C=O) groups excluding carboxylic acids is 1. The van der Waals surface area contributed by atoms with Crippen LogP contribution in [-0.2, 0) is 9.84 Å². The van der Waals surface area contributed by atoms with Gasteiger partial charge in [0.25, 0.3) is 5.91 Å². The molecule has 1 amide bonds. The average Bonchev–Trinajstić information content (AvgIpc) is 2.58. The zero-order valence-corrected chi connectivity index (χ0v) is 15.2. The summed E-state index contributed by atoms with van der Waals surface area (Å²) >= 11 is 0. The molecule has 2 aromatic rings. The number of hydrogen-bond acceptors (Lipinski definition) is 7. The van der Waals surface area contributed by atoms with Crippen LogP contribution in [0.15, 0.2) is 46.3 Å². The van der Waals surface area contributed by atoms with E-state index in [-0.39, 0.29) is 27.7 Å². The largest absolute Gasteiger partial charge is 0.573 e. The summed E-state index contributed by atoms with van der Waals surface area (Å²) in [5.74, 6) is -1.27. The van der Waals surface area contributed by atoms with Gasteiger partial charge < -0.3 is 20.9 Å². The Morgan fingerprint density at radius 3 is 2.39 bits per heavy atom. The van der Waals surface area contributed by atoms with Crippen LogP contribution in [0.2, 0.25) is 0 Å². The number of ether oxygens (including phenoxy) is 1. The molecule has 0 spiro atoms. The van der Waals surface area contributed by atoms with Gasteiger partial charge in [-0.15, -0.1) is 13.2 Å². The third kappa shape index (κ3) is 5.33. The van der Waals surface area contributed by atoms with Crippen LogP contribution in [0.3, 0.4) is 0 Å². The fourth-order valence-electron chi connectivity index (χ4n) is 2.08. The second-order valence-electron chi connectivity index (χ2n) is 5.69. The second-order valence-corrected chi connectivity index (χ2v) is 7.64. The quantitative estimate of drug-likeness (QED) is 0.647. The van der Waals surface area contributed by atoms with Gasteiger partial charge >= 0.3 is 6.36 Å². The molecule has 1 heterocycles. The number of aliphatic hydroxyl groups is 1. The number of benzene rings is 1. The zero-order chi connectivity index (χ0) is 21.1. The standard InChI is InChI=1S/C16H16F3N3O5S/c1-9(23)7-22-15(24)14-13(20)6-12(8-21-14)28(25,26)11-4-2-10(3-5-11)27-16(17,18)19/h2-6,8-9,23H,7,20H2,1H3,(H,22,24)/t9-/m1/s1. The zero-order valence-electron chi connectivity index (χ0n) is 14.4. The molecular weight excluding hydrogens is 403 g/mol. The van der Waals surface area contributed by atoms with Gasteiger partial charge in [-0.05, 0) is 37.3 Å². The summed E-state index contributed by atoms with van der Waals surface area (Å²) in [5.41, 5.74) is 5.25. The lowest BCUT2D eigenvalue weighted by Crippen LogP contribution is -2.31. The smallest absolute Gasteiger partial charge is 0.406 e. The number of halogens is 3. The van der Waals surface area contributed by atoms with Crippen molar-refractivity contribution in [2.75, 3.05) is 12.3 Å². The average molecular weight is 419 g/mol. The molecular formula is C16H16F3N3O5S. The van der Waals surface area contributed by atoms with Gasteiger partial charge in [0.2, 0.25) is 9.84 Å². The van der Waals surface area contributed by atoms with Gasteiger partial charge in [0.15, 0.2) is 5.69 Å². The van der Waals surface area contributed by atoms with Crippen molar-refractivity contribution in [2.45, 2.75) is 29.2 Å². The molecule has 12 heteroatoms. The Labute approximate surface area is 158 Å². The lowest BCUT2D eigenvalue weighted by Gasteiger charge is -2.11. The molecule has 1 atom stereocenters. The van der Waals surface area contributed by atoms with E-state index in [0.717, 1.165) is 36.5 Å². The number of nitrogens with zero attached hydrogens (tertiary/aromatic N) is 1. The second kappa shape index (κ2) is 8.02. The summed E-state index contributed by atoms with van der Waals surface area (Å²) in [5, 5.41) is 11.5. The van der Waals surface area contributed by atoms with Crippen LogP contribution in [0.4, 0.5) is 18.9 Å². The first-order chi connectivity index (χ1) is 12.9. The van der Waals surface area contributed by atoms with Crippen LogP contribution in [0.1, 0.15) is 17.4 Å². The Balaban J connectivity index is 2.26. The number of nitrogens with one attached hydrogen (secondary N) is 1. The van der Waals surface area contributed by atoms with Crippen molar-refractivity contribution < 1.29 is 36.2 Å². The summed E-state index contributed by atoms with van der Waals surface area (Å²) in [6.07, 6.45) is -4.79. The fourth-order valence-corrected chi connectivity index (χ4v) is 3.32. The van der Waals surface area contributed by atoms with E-state index < -0.39 is 34.0 Å². The number of nitrogen functional groups attached to an aromatic ring is 1. The Bertz CT molecular complexity index is 960. The number of nitrogens with two attached hydrogens (primary N) is 1. The maximum atomic E-state index is 12.6. The lowest BCUT2D eigenvalue weighted by atomic mass is 10.3. The molecule has 0 saturated heterocycles. The Morgan fingerprint density at radius 2 is 1.89 bits per heavy atom. The number of amides is 1. The summed E-state index contributed by atoms with van der Waals surface area (Å²) in [7, 11) is -4.14. The molecule has 0 unspecified atom stereocenters. The van der Waals surface area contributed by atoms with Crippen LogP contribution in [-0.4, -0.2) is 43.4 Å². The SMILES string of the molecule is C[C@@H](O)CNC(=O)c1ncc(S(=O)(=O)c2ccc(OC(F)(F)F)cc2)cc1N. The highest BCUT2D eigenvalue weighted by molar-refractivity contribution is 7.91. The van der Waals surface area contributed by atoms with Crippen molar-refractivity contribution in [3.8, 4) is 5.75 Å². The number of hydrogen-bond donors (Lipinski definition) is 3. The van der Waals surface area contributed by atoms with Crippen LogP contribution < -0.4 is 15.8 Å². The van der Waals surface area contributed by atoms with E-state index in [4.69, 9.17) is 10.8 Å². The minimum Gasteiger partial charge on any atom is -0.406 e. The molecule has 0 radical (unpaired) electrons. The maximum absolute atomic E-state index is 12.6. The van der Waals surface area contributed by atoms with Crippen LogP contribution in [0.5, 0.6) is 5.75 Å². The first kappa shape index (κ1) is 21.4. The van der Waals surface area contributed by atoms with E-state index in [1.54, 1.807) is 0 Å². The Kier molecular flexibility index (Phi) is 6.14. The third-order valence-electron chi connectivity index (χ3n) is 3.34. The molecule has 0 bridgehead atoms. The predicted octanol–water partition coefficient (Wildman–Crippen LogP) is 1.51. The Morgan fingerprint density at radius 1 is 1.29 bits per heavy atom. The number of pyridine rings is 1.